The van der Waals surface area contributed by atoms with E-state index < -0.39 is 6.03 Å². The maximum absolute atomic E-state index is 12.8. The van der Waals surface area contributed by atoms with E-state index >= 15 is 0 Å². The van der Waals surface area contributed by atoms with Crippen molar-refractivity contribution in [3.05, 3.63) is 42.5 Å². The number of nitrogens with zero attached hydrogens (tertiary/aromatic N) is 2. The van der Waals surface area contributed by atoms with Crippen LogP contribution in [-0.4, -0.2) is 54.3 Å². The summed E-state index contributed by atoms with van der Waals surface area (Å²) in [6.07, 6.45) is 9.34. The van der Waals surface area contributed by atoms with Gasteiger partial charge < -0.3 is 20.4 Å². The van der Waals surface area contributed by atoms with Gasteiger partial charge in [0.1, 0.15) is 0 Å². The minimum Gasteiger partial charge on any atom is -0.489 e. The number of hydrogen-bond donors (Lipinski definition) is 3. The zero-order valence-corrected chi connectivity index (χ0v) is 20.5. The van der Waals surface area contributed by atoms with Gasteiger partial charge in [0.15, 0.2) is 17.1 Å². The molecule has 33 heavy (non-hydrogen) atoms. The van der Waals surface area contributed by atoms with Crippen LogP contribution >= 0.6 is 0 Å². The summed E-state index contributed by atoms with van der Waals surface area (Å²) in [5.41, 5.74) is 8.16. The highest BCUT2D eigenvalue weighted by Gasteiger charge is 2.24. The molecule has 0 unspecified atom stereocenters. The molecule has 8 nitrogen and oxygen atoms in total. The van der Waals surface area contributed by atoms with Crippen molar-refractivity contribution in [1.82, 2.24) is 0 Å². The Kier molecular flexibility index (Phi) is 12.5. The fourth-order valence-corrected chi connectivity index (χ4v) is 3.12. The van der Waals surface area contributed by atoms with Crippen LogP contribution in [0.15, 0.2) is 41.9 Å². The number of benzene rings is 1. The first-order valence-corrected chi connectivity index (χ1v) is 11.3. The highest BCUT2D eigenvalue weighted by molar-refractivity contribution is 5.98. The first-order valence-electron chi connectivity index (χ1n) is 11.3. The molecule has 0 fully saturated rings. The number of amides is 2. The number of hydrogen-bond acceptors (Lipinski definition) is 6. The van der Waals surface area contributed by atoms with E-state index in [9.17, 15) is 10.0 Å². The van der Waals surface area contributed by atoms with Gasteiger partial charge in [-0.25, -0.2) is 0 Å². The third-order valence-electron chi connectivity index (χ3n) is 4.86. The number of hydroxylamine groups is 1. The predicted molar refractivity (Wildman–Crippen MR) is 135 cm³/mol. The largest absolute Gasteiger partial charge is 0.535 e. The molecule has 2 amide bonds. The molecular formula is C25H39N4O4+. The molecule has 0 radical (unpaired) electrons. The molecule has 0 bridgehead atoms. The number of allylic oxidation sites excluding steroid dienone is 3. The highest BCUT2D eigenvalue weighted by Crippen LogP contribution is 2.30. The van der Waals surface area contributed by atoms with E-state index in [0.717, 1.165) is 19.3 Å². The zero-order chi connectivity index (χ0) is 24.8. The van der Waals surface area contributed by atoms with Crippen molar-refractivity contribution in [2.75, 3.05) is 31.4 Å². The van der Waals surface area contributed by atoms with Crippen molar-refractivity contribution < 1.29 is 24.2 Å². The molecule has 1 aromatic rings. The van der Waals surface area contributed by atoms with Gasteiger partial charge >= 0.3 is 6.03 Å². The first kappa shape index (κ1) is 27.9. The van der Waals surface area contributed by atoms with Gasteiger partial charge in [0.05, 0.1) is 12.6 Å². The molecule has 0 aliphatic rings. The minimum atomic E-state index is -0.718. The van der Waals surface area contributed by atoms with Crippen molar-refractivity contribution in [1.29, 1.82) is 0 Å². The van der Waals surface area contributed by atoms with Crippen LogP contribution in [0.1, 0.15) is 52.5 Å². The van der Waals surface area contributed by atoms with Gasteiger partial charge in [-0.3, -0.25) is 4.99 Å². The number of carbonyl (C=O) groups excluding carboxylic acids is 1. The highest BCUT2D eigenvalue weighted by atomic mass is 16.5. The average Bonchev–Trinajstić information content (AvgIpc) is 2.77. The molecule has 0 saturated heterocycles. The number of ether oxygens (including phenoxy) is 2. The van der Waals surface area contributed by atoms with Gasteiger partial charge in [-0.1, -0.05) is 45.9 Å². The van der Waals surface area contributed by atoms with Crippen LogP contribution in [0, 0.1) is 5.92 Å². The molecule has 1 aromatic carbocycles. The molecular weight excluding hydrogens is 420 g/mol. The maximum atomic E-state index is 12.8. The van der Waals surface area contributed by atoms with E-state index in [1.807, 2.05) is 20.8 Å². The van der Waals surface area contributed by atoms with Crippen LogP contribution in [0.5, 0.6) is 5.75 Å². The summed E-state index contributed by atoms with van der Waals surface area (Å²) in [6.45, 7) is 12.3. The summed E-state index contributed by atoms with van der Waals surface area (Å²) in [5.74, 6) is 0.311. The lowest BCUT2D eigenvalue weighted by atomic mass is 10.1. The minimum absolute atomic E-state index is 0.0972. The topological polar surface area (TPSA) is 109 Å². The lowest BCUT2D eigenvalue weighted by molar-refractivity contribution is -0.697. The lowest BCUT2D eigenvalue weighted by Crippen LogP contribution is -2.31. The number of carbonyl (C=O) groups is 1. The molecule has 182 valence electrons. The van der Waals surface area contributed by atoms with E-state index in [2.05, 4.69) is 23.8 Å². The van der Waals surface area contributed by atoms with E-state index in [-0.39, 0.29) is 12.0 Å². The number of nitrogens with one attached hydrogen (secondary N) is 1. The fraction of sp³-hybridized carbons (Fsp3) is 0.480. The molecule has 4 N–H and O–H groups in total. The zero-order valence-electron chi connectivity index (χ0n) is 20.5. The third-order valence-corrected chi connectivity index (χ3v) is 4.86. The number of nitrogen functional groups attached to an aromatic ring is 1. The molecule has 0 aromatic heterocycles. The van der Waals surface area contributed by atoms with Gasteiger partial charge in [0.25, 0.3) is 0 Å². The van der Waals surface area contributed by atoms with Crippen LogP contribution < -0.4 is 15.8 Å². The fourth-order valence-electron chi connectivity index (χ4n) is 3.12. The summed E-state index contributed by atoms with van der Waals surface area (Å²) < 4.78 is 11.4. The maximum Gasteiger partial charge on any atom is 0.535 e. The average molecular weight is 460 g/mol. The lowest BCUT2D eigenvalue weighted by Gasteiger charge is -2.13. The van der Waals surface area contributed by atoms with Crippen LogP contribution in [0.25, 0.3) is 0 Å². The smallest absolute Gasteiger partial charge is 0.489 e. The number of urea groups is 1. The normalized spacial score (nSPS) is 13.4. The van der Waals surface area contributed by atoms with Gasteiger partial charge in [-0.15, -0.1) is 0 Å². The Morgan fingerprint density at radius 3 is 2.64 bits per heavy atom. The first-order chi connectivity index (χ1) is 15.8. The Hall–Kier alpha value is -3.13. The van der Waals surface area contributed by atoms with E-state index in [4.69, 9.17) is 15.2 Å². The second-order valence-corrected chi connectivity index (χ2v) is 7.83. The molecule has 0 spiro atoms. The number of anilines is 2. The summed E-state index contributed by atoms with van der Waals surface area (Å²) in [4.78, 5) is 17.5. The Morgan fingerprint density at radius 1 is 1.33 bits per heavy atom. The van der Waals surface area contributed by atoms with Crippen molar-refractivity contribution in [2.45, 2.75) is 53.0 Å². The van der Waals surface area contributed by atoms with E-state index in [1.54, 1.807) is 43.7 Å². The number of nitrogens with two attached hydrogens (primary N) is 1. The number of rotatable bonds is 13. The van der Waals surface area contributed by atoms with Crippen LogP contribution in [0.4, 0.5) is 16.2 Å². The second kappa shape index (κ2) is 14.8. The van der Waals surface area contributed by atoms with Crippen LogP contribution in [0.3, 0.4) is 0 Å². The monoisotopic (exact) mass is 459 g/mol. The van der Waals surface area contributed by atoms with Crippen molar-refractivity contribution in [2.24, 2.45) is 10.9 Å². The quantitative estimate of drug-likeness (QED) is 0.0726. The molecule has 0 aliphatic carbocycles. The second-order valence-electron chi connectivity index (χ2n) is 7.83. The molecule has 0 aliphatic heterocycles. The number of methoxy groups -OCH3 is 1. The molecule has 0 heterocycles. The molecule has 1 atom stereocenters. The Balaban J connectivity index is 3.31. The van der Waals surface area contributed by atoms with Gasteiger partial charge in [-0.2, -0.15) is 10.1 Å². The molecule has 0 saturated carbocycles. The Morgan fingerprint density at radius 2 is 2.06 bits per heavy atom. The van der Waals surface area contributed by atoms with Crippen LogP contribution in [0.2, 0.25) is 0 Å². The van der Waals surface area contributed by atoms with Crippen LogP contribution in [-0.2, 0) is 4.74 Å². The Labute approximate surface area is 197 Å². The van der Waals surface area contributed by atoms with Crippen molar-refractivity contribution in [3.63, 3.8) is 0 Å². The standard InChI is InChI=1S/C25H38N4O4/c1-7-10-12-23(18(4)5)29(31)25(30)28-22-15-19(21(26)16-24(22)33-9-3)17-27-20(11-8-2)13-14-32-6/h7,10,12,15-18,20H,1,8-9,11,13-14H2,2-6H3,(H3-,26,27,28,30,31)/p+1/b12-10-,29-23-/t20-/m1/s1. The van der Waals surface area contributed by atoms with Gasteiger partial charge in [0, 0.05) is 43.2 Å². The summed E-state index contributed by atoms with van der Waals surface area (Å²) in [6, 6.07) is 2.75. The van der Waals surface area contributed by atoms with Gasteiger partial charge in [0.2, 0.25) is 0 Å². The Bertz CT molecular complexity index is 875. The molecule has 8 heteroatoms. The SMILES string of the molecule is C=C/C=C\C(C(C)C)=[N+](\O)C(=O)Nc1cc(C=N[C@H](CCC)CCOC)c(N)cc1OCC. The summed E-state index contributed by atoms with van der Waals surface area (Å²) >= 11 is 0. The molecule has 1 rings (SSSR count). The number of aliphatic imine (C=N–C) groups is 1. The van der Waals surface area contributed by atoms with E-state index in [0.29, 0.717) is 46.4 Å². The van der Waals surface area contributed by atoms with Crippen molar-refractivity contribution >= 4 is 29.3 Å². The van der Waals surface area contributed by atoms with E-state index in [1.165, 1.54) is 0 Å². The summed E-state index contributed by atoms with van der Waals surface area (Å²) in [5, 5.41) is 13.2. The predicted octanol–water partition coefficient (Wildman–Crippen LogP) is 5.06. The third kappa shape index (κ3) is 9.10. The van der Waals surface area contributed by atoms with Gasteiger partial charge in [-0.05, 0) is 36.6 Å². The summed E-state index contributed by atoms with van der Waals surface area (Å²) in [7, 11) is 1.67. The van der Waals surface area contributed by atoms with Crippen molar-refractivity contribution in [3.8, 4) is 5.75 Å².